The number of rotatable bonds is 10. The summed E-state index contributed by atoms with van der Waals surface area (Å²) in [7, 11) is 1.68. The Bertz CT molecular complexity index is 347. The summed E-state index contributed by atoms with van der Waals surface area (Å²) in [5.41, 5.74) is 1.02. The highest BCUT2D eigenvalue weighted by Gasteiger charge is 2.11. The molecule has 1 rings (SSSR count). The molecule has 0 aromatic heterocycles. The highest BCUT2D eigenvalue weighted by molar-refractivity contribution is 5.21. The standard InChI is InChI=1S/C15H24FNO2/c1-3-19-9-7-14(12-17-8-10-18-2)13-5-4-6-15(16)11-13/h4-6,11,14,17H,3,7-10,12H2,1-2H3. The minimum absolute atomic E-state index is 0.184. The average molecular weight is 269 g/mol. The van der Waals surface area contributed by atoms with Crippen LogP contribution in [0.15, 0.2) is 24.3 Å². The van der Waals surface area contributed by atoms with E-state index in [2.05, 4.69) is 5.32 Å². The van der Waals surface area contributed by atoms with Gasteiger partial charge in [-0.1, -0.05) is 12.1 Å². The number of hydrogen-bond acceptors (Lipinski definition) is 3. The number of methoxy groups -OCH3 is 1. The van der Waals surface area contributed by atoms with Gasteiger partial charge < -0.3 is 14.8 Å². The van der Waals surface area contributed by atoms with Crippen LogP contribution in [0.1, 0.15) is 24.8 Å². The van der Waals surface area contributed by atoms with Crippen LogP contribution in [-0.4, -0.2) is 40.0 Å². The van der Waals surface area contributed by atoms with Crippen LogP contribution in [-0.2, 0) is 9.47 Å². The summed E-state index contributed by atoms with van der Waals surface area (Å²) < 4.78 is 23.7. The largest absolute Gasteiger partial charge is 0.383 e. The Morgan fingerprint density at radius 3 is 2.84 bits per heavy atom. The lowest BCUT2D eigenvalue weighted by Crippen LogP contribution is -2.26. The van der Waals surface area contributed by atoms with Gasteiger partial charge in [0.25, 0.3) is 0 Å². The molecule has 0 aliphatic rings. The predicted molar refractivity (Wildman–Crippen MR) is 75.0 cm³/mol. The third kappa shape index (κ3) is 6.66. The van der Waals surface area contributed by atoms with Crippen molar-refractivity contribution in [3.63, 3.8) is 0 Å². The van der Waals surface area contributed by atoms with E-state index < -0.39 is 0 Å². The lowest BCUT2D eigenvalue weighted by molar-refractivity contribution is 0.138. The van der Waals surface area contributed by atoms with E-state index in [0.29, 0.717) is 19.8 Å². The Labute approximate surface area is 115 Å². The molecule has 1 N–H and O–H groups in total. The molecule has 0 saturated carbocycles. The quantitative estimate of drug-likeness (QED) is 0.662. The lowest BCUT2D eigenvalue weighted by Gasteiger charge is -2.18. The van der Waals surface area contributed by atoms with E-state index in [9.17, 15) is 4.39 Å². The molecule has 0 aliphatic heterocycles. The van der Waals surface area contributed by atoms with Crippen LogP contribution >= 0.6 is 0 Å². The van der Waals surface area contributed by atoms with Crippen LogP contribution in [0.2, 0.25) is 0 Å². The van der Waals surface area contributed by atoms with Crippen molar-refractivity contribution in [3.05, 3.63) is 35.6 Å². The van der Waals surface area contributed by atoms with E-state index in [1.807, 2.05) is 13.0 Å². The SMILES string of the molecule is CCOCCC(CNCCOC)c1cccc(F)c1. The van der Waals surface area contributed by atoms with Crippen molar-refractivity contribution in [1.29, 1.82) is 0 Å². The number of benzene rings is 1. The van der Waals surface area contributed by atoms with Crippen molar-refractivity contribution < 1.29 is 13.9 Å². The smallest absolute Gasteiger partial charge is 0.123 e. The van der Waals surface area contributed by atoms with E-state index in [1.54, 1.807) is 19.2 Å². The first-order chi connectivity index (χ1) is 9.27. The Kier molecular flexibility index (Phi) is 8.38. The Morgan fingerprint density at radius 2 is 2.16 bits per heavy atom. The van der Waals surface area contributed by atoms with Gasteiger partial charge in [-0.05, 0) is 37.0 Å². The normalized spacial score (nSPS) is 12.6. The minimum atomic E-state index is -0.184. The average Bonchev–Trinajstić information content (AvgIpc) is 2.41. The summed E-state index contributed by atoms with van der Waals surface area (Å²) in [5.74, 6) is 0.0786. The zero-order valence-electron chi connectivity index (χ0n) is 11.8. The maximum Gasteiger partial charge on any atom is 0.123 e. The van der Waals surface area contributed by atoms with Crippen molar-refractivity contribution in [2.45, 2.75) is 19.3 Å². The number of hydrogen-bond donors (Lipinski definition) is 1. The Hall–Kier alpha value is -0.970. The third-order valence-electron chi connectivity index (χ3n) is 3.01. The molecule has 19 heavy (non-hydrogen) atoms. The van der Waals surface area contributed by atoms with E-state index in [1.165, 1.54) is 6.07 Å². The molecule has 1 unspecified atom stereocenters. The van der Waals surface area contributed by atoms with E-state index >= 15 is 0 Å². The summed E-state index contributed by atoms with van der Waals surface area (Å²) >= 11 is 0. The maximum absolute atomic E-state index is 13.3. The molecule has 1 aromatic carbocycles. The lowest BCUT2D eigenvalue weighted by atomic mass is 9.96. The molecule has 1 aromatic rings. The fourth-order valence-electron chi connectivity index (χ4n) is 1.97. The first kappa shape index (κ1) is 16.1. The molecule has 3 nitrogen and oxygen atoms in total. The summed E-state index contributed by atoms with van der Waals surface area (Å²) in [6.07, 6.45) is 0.886. The van der Waals surface area contributed by atoms with Gasteiger partial charge in [-0.2, -0.15) is 0 Å². The fraction of sp³-hybridized carbons (Fsp3) is 0.600. The van der Waals surface area contributed by atoms with Gasteiger partial charge in [0, 0.05) is 33.4 Å². The van der Waals surface area contributed by atoms with Crippen molar-refractivity contribution in [2.24, 2.45) is 0 Å². The van der Waals surface area contributed by atoms with Gasteiger partial charge in [-0.15, -0.1) is 0 Å². The predicted octanol–water partition coefficient (Wildman–Crippen LogP) is 2.57. The number of nitrogens with one attached hydrogen (secondary N) is 1. The topological polar surface area (TPSA) is 30.5 Å². The molecule has 0 saturated heterocycles. The maximum atomic E-state index is 13.3. The zero-order valence-corrected chi connectivity index (χ0v) is 11.8. The van der Waals surface area contributed by atoms with Crippen molar-refractivity contribution in [1.82, 2.24) is 5.32 Å². The molecule has 4 heteroatoms. The van der Waals surface area contributed by atoms with Gasteiger partial charge in [-0.3, -0.25) is 0 Å². The molecule has 0 fully saturated rings. The first-order valence-corrected chi connectivity index (χ1v) is 6.80. The van der Waals surface area contributed by atoms with Gasteiger partial charge in [-0.25, -0.2) is 4.39 Å². The zero-order chi connectivity index (χ0) is 13.9. The highest BCUT2D eigenvalue weighted by atomic mass is 19.1. The van der Waals surface area contributed by atoms with Crippen LogP contribution in [0, 0.1) is 5.82 Å². The molecule has 0 radical (unpaired) electrons. The first-order valence-electron chi connectivity index (χ1n) is 6.80. The van der Waals surface area contributed by atoms with Gasteiger partial charge in [0.1, 0.15) is 5.82 Å². The molecular weight excluding hydrogens is 245 g/mol. The van der Waals surface area contributed by atoms with Crippen LogP contribution < -0.4 is 5.32 Å². The third-order valence-corrected chi connectivity index (χ3v) is 3.01. The molecule has 0 aliphatic carbocycles. The Morgan fingerprint density at radius 1 is 1.32 bits per heavy atom. The second kappa shape index (κ2) is 9.89. The summed E-state index contributed by atoms with van der Waals surface area (Å²) in [6.45, 7) is 5.68. The van der Waals surface area contributed by atoms with Gasteiger partial charge in [0.05, 0.1) is 6.61 Å². The van der Waals surface area contributed by atoms with Crippen LogP contribution in [0.25, 0.3) is 0 Å². The molecule has 0 spiro atoms. The highest BCUT2D eigenvalue weighted by Crippen LogP contribution is 2.19. The minimum Gasteiger partial charge on any atom is -0.383 e. The van der Waals surface area contributed by atoms with Crippen molar-refractivity contribution >= 4 is 0 Å². The van der Waals surface area contributed by atoms with Crippen LogP contribution in [0.4, 0.5) is 4.39 Å². The van der Waals surface area contributed by atoms with Crippen molar-refractivity contribution in [3.8, 4) is 0 Å². The molecule has 0 bridgehead atoms. The van der Waals surface area contributed by atoms with E-state index in [0.717, 1.165) is 25.1 Å². The summed E-state index contributed by atoms with van der Waals surface area (Å²) in [5, 5.41) is 3.33. The van der Waals surface area contributed by atoms with Gasteiger partial charge in [0.15, 0.2) is 0 Å². The van der Waals surface area contributed by atoms with E-state index in [4.69, 9.17) is 9.47 Å². The van der Waals surface area contributed by atoms with Crippen LogP contribution in [0.5, 0.6) is 0 Å². The second-order valence-electron chi connectivity index (χ2n) is 4.43. The second-order valence-corrected chi connectivity index (χ2v) is 4.43. The Balaban J connectivity index is 2.52. The molecular formula is C15H24FNO2. The molecule has 1 atom stereocenters. The van der Waals surface area contributed by atoms with E-state index in [-0.39, 0.29) is 11.7 Å². The number of halogens is 1. The van der Waals surface area contributed by atoms with Gasteiger partial charge >= 0.3 is 0 Å². The van der Waals surface area contributed by atoms with Crippen LogP contribution in [0.3, 0.4) is 0 Å². The fourth-order valence-corrected chi connectivity index (χ4v) is 1.97. The molecule has 0 amide bonds. The number of ether oxygens (including phenoxy) is 2. The van der Waals surface area contributed by atoms with Crippen molar-refractivity contribution in [2.75, 3.05) is 40.0 Å². The molecule has 0 heterocycles. The van der Waals surface area contributed by atoms with Gasteiger partial charge in [0.2, 0.25) is 0 Å². The molecule has 108 valence electrons. The summed E-state index contributed by atoms with van der Waals surface area (Å²) in [4.78, 5) is 0. The summed E-state index contributed by atoms with van der Waals surface area (Å²) in [6, 6.07) is 6.81. The monoisotopic (exact) mass is 269 g/mol.